The van der Waals surface area contributed by atoms with E-state index in [1.54, 1.807) is 0 Å². The van der Waals surface area contributed by atoms with Crippen LogP contribution in [0.4, 0.5) is 4.79 Å². The average Bonchev–Trinajstić information content (AvgIpc) is 2.45. The Balaban J connectivity index is 1.84. The van der Waals surface area contributed by atoms with Gasteiger partial charge in [-0.05, 0) is 25.5 Å². The first kappa shape index (κ1) is 13.6. The first-order chi connectivity index (χ1) is 10.5. The van der Waals surface area contributed by atoms with Crippen LogP contribution in [0.3, 0.4) is 0 Å². The van der Waals surface area contributed by atoms with Crippen molar-refractivity contribution in [1.82, 2.24) is 10.6 Å². The molecule has 116 valence electrons. The number of urea groups is 1. The number of carbonyl (C=O) groups is 2. The highest BCUT2D eigenvalue weighted by Gasteiger charge is 2.57. The largest absolute Gasteiger partial charge is 0.493 e. The van der Waals surface area contributed by atoms with E-state index in [1.165, 1.54) is 0 Å². The number of fused-ring (bicyclic) bond motifs is 5. The normalized spacial score (nSPS) is 35.2. The van der Waals surface area contributed by atoms with Crippen molar-refractivity contribution in [3.63, 3.8) is 0 Å². The van der Waals surface area contributed by atoms with Crippen molar-refractivity contribution in [2.45, 2.75) is 31.6 Å². The molecule has 1 aromatic rings. The summed E-state index contributed by atoms with van der Waals surface area (Å²) in [5, 5.41) is 5.09. The molecule has 0 spiro atoms. The molecule has 0 unspecified atom stereocenters. The molecule has 0 radical (unpaired) electrons. The second kappa shape index (κ2) is 4.46. The number of benzene rings is 1. The van der Waals surface area contributed by atoms with Crippen LogP contribution < -0.4 is 15.4 Å². The summed E-state index contributed by atoms with van der Waals surface area (Å²) in [6, 6.07) is 7.28. The van der Waals surface area contributed by atoms with E-state index >= 15 is 0 Å². The second-order valence-electron chi connectivity index (χ2n) is 6.61. The minimum absolute atomic E-state index is 0.0423. The van der Waals surface area contributed by atoms with Gasteiger partial charge in [0.05, 0.1) is 18.1 Å². The standard InChI is InChI=1S/C16H18N2O4/c1-16(2)9-7-21-10-6-4-3-5-8(10)11(9)12-13(19)17-15(20)18-14(12)22-16/h3-6,9,11-12,14H,7H2,1-2H3,(H2,17,18,19,20)/t9-,11-,12-,14+/m0/s1. The highest BCUT2D eigenvalue weighted by molar-refractivity contribution is 5.99. The van der Waals surface area contributed by atoms with Crippen LogP contribution in [0.1, 0.15) is 25.3 Å². The molecule has 1 aromatic carbocycles. The van der Waals surface area contributed by atoms with Crippen molar-refractivity contribution in [2.75, 3.05) is 6.61 Å². The van der Waals surface area contributed by atoms with Gasteiger partial charge in [-0.1, -0.05) is 18.2 Å². The second-order valence-corrected chi connectivity index (χ2v) is 6.61. The SMILES string of the molecule is CC1(C)O[C@H]2NC(=O)NC(=O)[C@@H]2[C@H]2c3ccccc3OC[C@@H]21. The van der Waals surface area contributed by atoms with Crippen molar-refractivity contribution in [1.29, 1.82) is 0 Å². The molecule has 2 fully saturated rings. The van der Waals surface area contributed by atoms with Crippen LogP contribution in [0, 0.1) is 11.8 Å². The lowest BCUT2D eigenvalue weighted by Gasteiger charge is -2.53. The van der Waals surface area contributed by atoms with Crippen molar-refractivity contribution >= 4 is 11.9 Å². The van der Waals surface area contributed by atoms with E-state index in [9.17, 15) is 9.59 Å². The summed E-state index contributed by atoms with van der Waals surface area (Å²) >= 11 is 0. The minimum Gasteiger partial charge on any atom is -0.493 e. The number of ether oxygens (including phenoxy) is 2. The lowest BCUT2D eigenvalue weighted by Crippen LogP contribution is -2.68. The quantitative estimate of drug-likeness (QED) is 0.759. The van der Waals surface area contributed by atoms with Crippen LogP contribution in [-0.2, 0) is 9.53 Å². The highest BCUT2D eigenvalue weighted by atomic mass is 16.5. The number of hydrogen-bond acceptors (Lipinski definition) is 4. The highest BCUT2D eigenvalue weighted by Crippen LogP contribution is 2.51. The van der Waals surface area contributed by atoms with Crippen LogP contribution >= 0.6 is 0 Å². The number of amides is 3. The molecular formula is C16H18N2O4. The molecule has 6 heteroatoms. The first-order valence-electron chi connectivity index (χ1n) is 7.48. The molecule has 22 heavy (non-hydrogen) atoms. The number of imide groups is 1. The van der Waals surface area contributed by atoms with Crippen LogP contribution in [0.5, 0.6) is 5.75 Å². The fourth-order valence-electron chi connectivity index (χ4n) is 3.92. The van der Waals surface area contributed by atoms with E-state index in [0.29, 0.717) is 6.61 Å². The number of nitrogens with one attached hydrogen (secondary N) is 2. The average molecular weight is 302 g/mol. The minimum atomic E-state index is -0.608. The van der Waals surface area contributed by atoms with Gasteiger partial charge in [0.15, 0.2) is 0 Å². The van der Waals surface area contributed by atoms with Gasteiger partial charge in [-0.25, -0.2) is 4.79 Å². The summed E-state index contributed by atoms with van der Waals surface area (Å²) in [5.74, 6) is 0.0883. The van der Waals surface area contributed by atoms with E-state index in [4.69, 9.17) is 9.47 Å². The lowest BCUT2D eigenvalue weighted by molar-refractivity contribution is -0.200. The van der Waals surface area contributed by atoms with Gasteiger partial charge in [0, 0.05) is 11.8 Å². The maximum Gasteiger partial charge on any atom is 0.323 e. The number of hydrogen-bond donors (Lipinski definition) is 2. The van der Waals surface area contributed by atoms with Gasteiger partial charge in [0.2, 0.25) is 5.91 Å². The molecule has 4 rings (SSSR count). The number of rotatable bonds is 0. The van der Waals surface area contributed by atoms with E-state index in [2.05, 4.69) is 10.6 Å². The van der Waals surface area contributed by atoms with Crippen molar-refractivity contribution < 1.29 is 19.1 Å². The summed E-state index contributed by atoms with van der Waals surface area (Å²) in [7, 11) is 0. The van der Waals surface area contributed by atoms with Crippen LogP contribution in [0.15, 0.2) is 24.3 Å². The zero-order valence-electron chi connectivity index (χ0n) is 12.5. The van der Waals surface area contributed by atoms with Crippen molar-refractivity contribution in [3.05, 3.63) is 29.8 Å². The molecule has 6 nitrogen and oxygen atoms in total. The monoisotopic (exact) mass is 302 g/mol. The maximum absolute atomic E-state index is 12.4. The number of para-hydroxylation sites is 1. The molecule has 0 bridgehead atoms. The zero-order chi connectivity index (χ0) is 15.5. The Morgan fingerprint density at radius 3 is 2.77 bits per heavy atom. The lowest BCUT2D eigenvalue weighted by atomic mass is 9.66. The molecule has 3 aliphatic rings. The van der Waals surface area contributed by atoms with E-state index in [0.717, 1.165) is 11.3 Å². The van der Waals surface area contributed by atoms with Crippen molar-refractivity contribution in [2.24, 2.45) is 11.8 Å². The Bertz CT molecular complexity index is 657. The molecule has 3 amide bonds. The predicted molar refractivity (Wildman–Crippen MR) is 77.3 cm³/mol. The van der Waals surface area contributed by atoms with Crippen molar-refractivity contribution in [3.8, 4) is 5.75 Å². The molecule has 2 saturated heterocycles. The van der Waals surface area contributed by atoms with Gasteiger partial charge in [0.1, 0.15) is 12.0 Å². The van der Waals surface area contributed by atoms with Gasteiger partial charge in [-0.15, -0.1) is 0 Å². The third kappa shape index (κ3) is 1.83. The van der Waals surface area contributed by atoms with Gasteiger partial charge < -0.3 is 14.8 Å². The van der Waals surface area contributed by atoms with E-state index in [-0.39, 0.29) is 17.7 Å². The summed E-state index contributed by atoms with van der Waals surface area (Å²) in [6.45, 7) is 4.47. The van der Waals surface area contributed by atoms with E-state index < -0.39 is 23.8 Å². The Morgan fingerprint density at radius 1 is 1.18 bits per heavy atom. The van der Waals surface area contributed by atoms with Crippen LogP contribution in [0.2, 0.25) is 0 Å². The molecule has 0 aliphatic carbocycles. The Kier molecular flexibility index (Phi) is 2.75. The predicted octanol–water partition coefficient (Wildman–Crippen LogP) is 1.37. The van der Waals surface area contributed by atoms with Gasteiger partial charge in [0.25, 0.3) is 0 Å². The van der Waals surface area contributed by atoms with Gasteiger partial charge in [-0.2, -0.15) is 0 Å². The first-order valence-corrected chi connectivity index (χ1v) is 7.48. The Labute approximate surface area is 128 Å². The van der Waals surface area contributed by atoms with Gasteiger partial charge >= 0.3 is 6.03 Å². The molecule has 0 saturated carbocycles. The summed E-state index contributed by atoms with van der Waals surface area (Å²) in [5.41, 5.74) is 0.515. The molecular weight excluding hydrogens is 284 g/mol. The zero-order valence-corrected chi connectivity index (χ0v) is 12.5. The molecule has 3 heterocycles. The summed E-state index contributed by atoms with van der Waals surface area (Å²) < 4.78 is 11.9. The van der Waals surface area contributed by atoms with E-state index in [1.807, 2.05) is 38.1 Å². The fourth-order valence-corrected chi connectivity index (χ4v) is 3.92. The Morgan fingerprint density at radius 2 is 1.95 bits per heavy atom. The summed E-state index contributed by atoms with van der Waals surface area (Å²) in [6.07, 6.45) is -0.608. The molecule has 4 atom stereocenters. The van der Waals surface area contributed by atoms with Crippen LogP contribution in [-0.4, -0.2) is 30.4 Å². The topological polar surface area (TPSA) is 76.7 Å². The molecule has 0 aromatic heterocycles. The fraction of sp³-hybridized carbons (Fsp3) is 0.500. The third-order valence-electron chi connectivity index (χ3n) is 4.98. The van der Waals surface area contributed by atoms with Gasteiger partial charge in [-0.3, -0.25) is 10.1 Å². The third-order valence-corrected chi connectivity index (χ3v) is 4.98. The van der Waals surface area contributed by atoms with Crippen LogP contribution in [0.25, 0.3) is 0 Å². The Hall–Kier alpha value is -2.08. The summed E-state index contributed by atoms with van der Waals surface area (Å²) in [4.78, 5) is 24.0. The smallest absolute Gasteiger partial charge is 0.323 e. The molecule has 2 N–H and O–H groups in total. The molecule has 3 aliphatic heterocycles. The maximum atomic E-state index is 12.4. The number of carbonyl (C=O) groups excluding carboxylic acids is 2.